The summed E-state index contributed by atoms with van der Waals surface area (Å²) in [5.41, 5.74) is 8.65. The third-order valence-corrected chi connectivity index (χ3v) is 4.90. The van der Waals surface area contributed by atoms with E-state index in [1.807, 2.05) is 41.2 Å². The number of rotatable bonds is 3. The molecule has 20 heavy (non-hydrogen) atoms. The van der Waals surface area contributed by atoms with Gasteiger partial charge in [0.15, 0.2) is 0 Å². The summed E-state index contributed by atoms with van der Waals surface area (Å²) in [6, 6.07) is 11.9. The standard InChI is InChI=1S/C14H11BrClN3S/c15-10-4-2-1-3-9(10)7-19-8-11(17)14(18-19)12-5-6-13(16)20-12/h1-6,8H,7,17H2. The highest BCUT2D eigenvalue weighted by Gasteiger charge is 2.11. The normalized spacial score (nSPS) is 10.9. The number of anilines is 1. The van der Waals surface area contributed by atoms with Gasteiger partial charge in [0.2, 0.25) is 0 Å². The molecule has 0 unspecified atom stereocenters. The maximum atomic E-state index is 6.04. The summed E-state index contributed by atoms with van der Waals surface area (Å²) >= 11 is 11.0. The van der Waals surface area contributed by atoms with Crippen LogP contribution in [0.1, 0.15) is 5.56 Å². The zero-order valence-corrected chi connectivity index (χ0v) is 13.5. The Morgan fingerprint density at radius 2 is 2.05 bits per heavy atom. The second kappa shape index (κ2) is 5.60. The van der Waals surface area contributed by atoms with Crippen molar-refractivity contribution < 1.29 is 0 Å². The molecule has 2 N–H and O–H groups in total. The molecule has 0 bridgehead atoms. The Kier molecular flexibility index (Phi) is 3.83. The topological polar surface area (TPSA) is 43.8 Å². The van der Waals surface area contributed by atoms with Crippen molar-refractivity contribution in [3.63, 3.8) is 0 Å². The highest BCUT2D eigenvalue weighted by atomic mass is 79.9. The second-order valence-corrected chi connectivity index (χ2v) is 6.90. The molecule has 0 radical (unpaired) electrons. The van der Waals surface area contributed by atoms with Gasteiger partial charge in [0.1, 0.15) is 5.69 Å². The molecule has 2 aromatic heterocycles. The molecule has 1 aromatic carbocycles. The molecule has 102 valence electrons. The second-order valence-electron chi connectivity index (χ2n) is 4.33. The van der Waals surface area contributed by atoms with E-state index in [1.54, 1.807) is 0 Å². The minimum atomic E-state index is 0.663. The van der Waals surface area contributed by atoms with E-state index in [0.29, 0.717) is 12.2 Å². The molecule has 0 saturated heterocycles. The molecule has 0 fully saturated rings. The van der Waals surface area contributed by atoms with E-state index < -0.39 is 0 Å². The average Bonchev–Trinajstić information content (AvgIpc) is 2.98. The molecule has 0 aliphatic rings. The Morgan fingerprint density at radius 3 is 2.75 bits per heavy atom. The molecule has 0 aliphatic carbocycles. The smallest absolute Gasteiger partial charge is 0.125 e. The van der Waals surface area contributed by atoms with Crippen molar-refractivity contribution in [2.24, 2.45) is 0 Å². The Bertz CT molecular complexity index is 750. The average molecular weight is 369 g/mol. The van der Waals surface area contributed by atoms with Gasteiger partial charge in [-0.2, -0.15) is 5.10 Å². The molecule has 0 atom stereocenters. The van der Waals surface area contributed by atoms with Gasteiger partial charge in [-0.3, -0.25) is 4.68 Å². The van der Waals surface area contributed by atoms with Crippen molar-refractivity contribution in [2.45, 2.75) is 6.54 Å². The van der Waals surface area contributed by atoms with E-state index >= 15 is 0 Å². The van der Waals surface area contributed by atoms with Crippen molar-refractivity contribution in [2.75, 3.05) is 5.73 Å². The number of halogens is 2. The van der Waals surface area contributed by atoms with Crippen LogP contribution in [0.25, 0.3) is 10.6 Å². The fraction of sp³-hybridized carbons (Fsp3) is 0.0714. The van der Waals surface area contributed by atoms with Gasteiger partial charge in [-0.05, 0) is 23.8 Å². The number of thiophene rings is 1. The largest absolute Gasteiger partial charge is 0.396 e. The van der Waals surface area contributed by atoms with Gasteiger partial charge < -0.3 is 5.73 Å². The van der Waals surface area contributed by atoms with Crippen LogP contribution >= 0.6 is 38.9 Å². The van der Waals surface area contributed by atoms with Crippen LogP contribution in [0.3, 0.4) is 0 Å². The fourth-order valence-electron chi connectivity index (χ4n) is 1.95. The van der Waals surface area contributed by atoms with Crippen LogP contribution in [-0.4, -0.2) is 9.78 Å². The zero-order chi connectivity index (χ0) is 14.1. The van der Waals surface area contributed by atoms with E-state index in [9.17, 15) is 0 Å². The maximum absolute atomic E-state index is 6.04. The summed E-state index contributed by atoms with van der Waals surface area (Å²) in [7, 11) is 0. The highest BCUT2D eigenvalue weighted by Crippen LogP contribution is 2.33. The van der Waals surface area contributed by atoms with Crippen molar-refractivity contribution in [1.29, 1.82) is 0 Å². The van der Waals surface area contributed by atoms with Crippen molar-refractivity contribution in [3.8, 4) is 10.6 Å². The van der Waals surface area contributed by atoms with Gasteiger partial charge in [0, 0.05) is 10.7 Å². The molecule has 0 amide bonds. The number of nitrogens with two attached hydrogens (primary N) is 1. The first kappa shape index (κ1) is 13.7. The molecular weight excluding hydrogens is 358 g/mol. The molecule has 6 heteroatoms. The molecular formula is C14H11BrClN3S. The number of benzene rings is 1. The Labute approximate surface area is 134 Å². The fourth-order valence-corrected chi connectivity index (χ4v) is 3.41. The minimum absolute atomic E-state index is 0.663. The zero-order valence-electron chi connectivity index (χ0n) is 10.4. The summed E-state index contributed by atoms with van der Waals surface area (Å²) in [5, 5.41) is 4.55. The van der Waals surface area contributed by atoms with Gasteiger partial charge in [0.25, 0.3) is 0 Å². The SMILES string of the molecule is Nc1cn(Cc2ccccc2Br)nc1-c1ccc(Cl)s1. The third kappa shape index (κ3) is 2.75. The minimum Gasteiger partial charge on any atom is -0.396 e. The maximum Gasteiger partial charge on any atom is 0.125 e. The molecule has 0 aliphatic heterocycles. The lowest BCUT2D eigenvalue weighted by Gasteiger charge is -2.03. The summed E-state index contributed by atoms with van der Waals surface area (Å²) in [6.07, 6.45) is 1.85. The summed E-state index contributed by atoms with van der Waals surface area (Å²) < 4.78 is 3.65. The van der Waals surface area contributed by atoms with Crippen molar-refractivity contribution in [3.05, 3.63) is 57.0 Å². The summed E-state index contributed by atoms with van der Waals surface area (Å²) in [6.45, 7) is 0.671. The van der Waals surface area contributed by atoms with E-state index in [1.165, 1.54) is 11.3 Å². The van der Waals surface area contributed by atoms with Crippen molar-refractivity contribution in [1.82, 2.24) is 9.78 Å². The number of nitrogen functional groups attached to an aromatic ring is 1. The van der Waals surface area contributed by atoms with Crippen LogP contribution in [0.5, 0.6) is 0 Å². The Morgan fingerprint density at radius 1 is 1.25 bits per heavy atom. The van der Waals surface area contributed by atoms with Gasteiger partial charge in [0.05, 0.1) is 21.4 Å². The van der Waals surface area contributed by atoms with Gasteiger partial charge >= 0.3 is 0 Å². The van der Waals surface area contributed by atoms with E-state index in [0.717, 1.165) is 24.9 Å². The van der Waals surface area contributed by atoms with Gasteiger partial charge in [-0.25, -0.2) is 0 Å². The van der Waals surface area contributed by atoms with Gasteiger partial charge in [-0.1, -0.05) is 45.7 Å². The summed E-state index contributed by atoms with van der Waals surface area (Å²) in [4.78, 5) is 0.985. The van der Waals surface area contributed by atoms with Crippen LogP contribution in [-0.2, 0) is 6.54 Å². The quantitative estimate of drug-likeness (QED) is 0.731. The first-order valence-electron chi connectivity index (χ1n) is 5.95. The first-order valence-corrected chi connectivity index (χ1v) is 7.94. The Balaban J connectivity index is 1.91. The van der Waals surface area contributed by atoms with E-state index in [-0.39, 0.29) is 0 Å². The number of aromatic nitrogens is 2. The van der Waals surface area contributed by atoms with Crippen LogP contribution in [0.2, 0.25) is 4.34 Å². The van der Waals surface area contributed by atoms with Crippen LogP contribution in [0, 0.1) is 0 Å². The highest BCUT2D eigenvalue weighted by molar-refractivity contribution is 9.10. The summed E-state index contributed by atoms with van der Waals surface area (Å²) in [5.74, 6) is 0. The lowest BCUT2D eigenvalue weighted by Crippen LogP contribution is -2.00. The number of hydrogen-bond donors (Lipinski definition) is 1. The molecule has 3 rings (SSSR count). The van der Waals surface area contributed by atoms with E-state index in [2.05, 4.69) is 27.1 Å². The molecule has 0 saturated carbocycles. The van der Waals surface area contributed by atoms with Crippen LogP contribution < -0.4 is 5.73 Å². The third-order valence-electron chi connectivity index (χ3n) is 2.89. The Hall–Kier alpha value is -1.30. The van der Waals surface area contributed by atoms with E-state index in [4.69, 9.17) is 17.3 Å². The van der Waals surface area contributed by atoms with Crippen LogP contribution in [0.4, 0.5) is 5.69 Å². The predicted octanol–water partition coefficient (Wildman–Crippen LogP) is 4.66. The first-order chi connectivity index (χ1) is 9.63. The number of nitrogens with zero attached hydrogens (tertiary/aromatic N) is 2. The molecule has 3 aromatic rings. The van der Waals surface area contributed by atoms with Gasteiger partial charge in [-0.15, -0.1) is 11.3 Å². The number of hydrogen-bond acceptors (Lipinski definition) is 3. The van der Waals surface area contributed by atoms with Crippen molar-refractivity contribution >= 4 is 44.6 Å². The molecule has 3 nitrogen and oxygen atoms in total. The lowest BCUT2D eigenvalue weighted by atomic mass is 10.2. The predicted molar refractivity (Wildman–Crippen MR) is 88.2 cm³/mol. The monoisotopic (exact) mass is 367 g/mol. The molecule has 0 spiro atoms. The van der Waals surface area contributed by atoms with Crippen LogP contribution in [0.15, 0.2) is 47.1 Å². The molecule has 2 heterocycles. The lowest BCUT2D eigenvalue weighted by molar-refractivity contribution is 0.688.